The van der Waals surface area contributed by atoms with Crippen molar-refractivity contribution in [1.82, 2.24) is 9.91 Å². The first-order valence-electron chi connectivity index (χ1n) is 14.7. The van der Waals surface area contributed by atoms with Crippen LogP contribution in [0.1, 0.15) is 48.2 Å². The monoisotopic (exact) mass is 610 g/mol. The third kappa shape index (κ3) is 7.14. The van der Waals surface area contributed by atoms with Crippen LogP contribution in [0.2, 0.25) is 0 Å². The van der Waals surface area contributed by atoms with Crippen LogP contribution in [0.25, 0.3) is 0 Å². The number of imide groups is 1. The Morgan fingerprint density at radius 3 is 2.67 bits per heavy atom. The van der Waals surface area contributed by atoms with Gasteiger partial charge in [-0.3, -0.25) is 14.5 Å². The van der Waals surface area contributed by atoms with Crippen molar-refractivity contribution in [3.8, 4) is 11.5 Å². The van der Waals surface area contributed by atoms with Crippen molar-refractivity contribution in [2.45, 2.75) is 38.4 Å². The van der Waals surface area contributed by atoms with Gasteiger partial charge in [-0.15, -0.1) is 5.01 Å². The molecule has 2 aromatic rings. The van der Waals surface area contributed by atoms with Crippen molar-refractivity contribution < 1.29 is 33.3 Å². The van der Waals surface area contributed by atoms with Crippen molar-refractivity contribution in [3.05, 3.63) is 53.1 Å². The van der Waals surface area contributed by atoms with Gasteiger partial charge in [-0.1, -0.05) is 17.8 Å². The number of anilines is 1. The maximum atomic E-state index is 13.6. The molecule has 1 fully saturated rings. The summed E-state index contributed by atoms with van der Waals surface area (Å²) in [5.41, 5.74) is 3.75. The fraction of sp³-hybridized carbons (Fsp3) is 0.484. The minimum atomic E-state index is -0.774. The number of methoxy groups -OCH3 is 1. The number of amides is 3. The zero-order chi connectivity index (χ0) is 30.3. The van der Waals surface area contributed by atoms with Crippen molar-refractivity contribution in [1.29, 1.82) is 0 Å². The molecule has 1 unspecified atom stereocenters. The van der Waals surface area contributed by atoms with Crippen LogP contribution in [0.3, 0.4) is 0 Å². The van der Waals surface area contributed by atoms with Gasteiger partial charge in [-0.2, -0.15) is 5.10 Å². The lowest BCUT2D eigenvalue weighted by molar-refractivity contribution is 0.0338. The lowest BCUT2D eigenvalue weighted by Crippen LogP contribution is -2.39. The van der Waals surface area contributed by atoms with Gasteiger partial charge >= 0.3 is 11.3 Å². The first kappa shape index (κ1) is 30.8. The highest BCUT2D eigenvalue weighted by Gasteiger charge is 2.34. The number of ether oxygens (including phenoxy) is 4. The van der Waals surface area contributed by atoms with E-state index in [1.54, 1.807) is 30.2 Å². The van der Waals surface area contributed by atoms with Crippen LogP contribution >= 0.6 is 11.8 Å². The standard InChI is InChI=1S/C31H38N4O7S/c1-4-41-26-11-9-24(20-27(26)39-3)29(36)34-13-5-7-22-19-23(8-10-25(22)34)28-21(2)43-31(38)35(32-28)30(37)42-16-6-12-33-14-17-40-18-15-33/h8-11,19-21H,4-7,12-18H2,1-3H3. The van der Waals surface area contributed by atoms with Gasteiger partial charge in [-0.25, -0.2) is 4.79 Å². The first-order chi connectivity index (χ1) is 20.9. The molecule has 5 rings (SSSR count). The van der Waals surface area contributed by atoms with Gasteiger partial charge in [0.1, 0.15) is 0 Å². The molecule has 0 spiro atoms. The second kappa shape index (κ2) is 14.2. The summed E-state index contributed by atoms with van der Waals surface area (Å²) >= 11 is 1.04. The van der Waals surface area contributed by atoms with E-state index in [1.807, 2.05) is 32.0 Å². The Morgan fingerprint density at radius 2 is 1.91 bits per heavy atom. The molecule has 43 heavy (non-hydrogen) atoms. The second-order valence-corrected chi connectivity index (χ2v) is 11.7. The first-order valence-corrected chi connectivity index (χ1v) is 15.6. The van der Waals surface area contributed by atoms with E-state index in [-0.39, 0.29) is 17.8 Å². The largest absolute Gasteiger partial charge is 0.493 e. The molecule has 3 aliphatic heterocycles. The van der Waals surface area contributed by atoms with Crippen molar-refractivity contribution in [2.75, 3.05) is 64.6 Å². The number of nitrogens with zero attached hydrogens (tertiary/aromatic N) is 4. The Kier molecular flexibility index (Phi) is 10.2. The molecular formula is C31H38N4O7S. The van der Waals surface area contributed by atoms with Gasteiger partial charge in [0.05, 0.1) is 44.5 Å². The van der Waals surface area contributed by atoms with Crippen molar-refractivity contribution in [3.63, 3.8) is 0 Å². The summed E-state index contributed by atoms with van der Waals surface area (Å²) < 4.78 is 21.8. The maximum absolute atomic E-state index is 13.6. The summed E-state index contributed by atoms with van der Waals surface area (Å²) in [4.78, 5) is 43.1. The Morgan fingerprint density at radius 1 is 1.09 bits per heavy atom. The van der Waals surface area contributed by atoms with Gasteiger partial charge in [0, 0.05) is 37.4 Å². The highest BCUT2D eigenvalue weighted by Crippen LogP contribution is 2.34. The molecule has 3 aliphatic rings. The summed E-state index contributed by atoms with van der Waals surface area (Å²) in [5.74, 6) is 0.980. The molecular weight excluding hydrogens is 572 g/mol. The molecule has 2 aromatic carbocycles. The Balaban J connectivity index is 1.29. The van der Waals surface area contributed by atoms with E-state index in [2.05, 4.69) is 10.0 Å². The zero-order valence-electron chi connectivity index (χ0n) is 24.9. The lowest BCUT2D eigenvalue weighted by atomic mass is 9.96. The van der Waals surface area contributed by atoms with Gasteiger partial charge in [0.15, 0.2) is 11.5 Å². The van der Waals surface area contributed by atoms with Gasteiger partial charge in [0.2, 0.25) is 0 Å². The molecule has 3 heterocycles. The Hall–Kier alpha value is -3.61. The van der Waals surface area contributed by atoms with E-state index in [0.717, 1.165) is 66.1 Å². The third-order valence-corrected chi connectivity index (χ3v) is 8.57. The molecule has 0 N–H and O–H groups in total. The summed E-state index contributed by atoms with van der Waals surface area (Å²) in [7, 11) is 1.55. The highest BCUT2D eigenvalue weighted by atomic mass is 32.2. The molecule has 0 saturated carbocycles. The van der Waals surface area contributed by atoms with Gasteiger partial charge in [0.25, 0.3) is 5.91 Å². The number of carbonyl (C=O) groups excluding carboxylic acids is 3. The average molecular weight is 611 g/mol. The minimum absolute atomic E-state index is 0.123. The third-order valence-electron chi connectivity index (χ3n) is 7.61. The van der Waals surface area contributed by atoms with Crippen molar-refractivity contribution >= 4 is 40.4 Å². The molecule has 0 radical (unpaired) electrons. The molecule has 230 valence electrons. The molecule has 3 amide bonds. The summed E-state index contributed by atoms with van der Waals surface area (Å²) in [6.07, 6.45) is 1.48. The summed E-state index contributed by atoms with van der Waals surface area (Å²) in [6, 6.07) is 11.0. The van der Waals surface area contributed by atoms with Crippen LogP contribution in [0.15, 0.2) is 41.5 Å². The highest BCUT2D eigenvalue weighted by molar-refractivity contribution is 8.14. The number of hydrogen-bond acceptors (Lipinski definition) is 10. The summed E-state index contributed by atoms with van der Waals surface area (Å²) in [5, 5.41) is 4.55. The van der Waals surface area contributed by atoms with E-state index in [1.165, 1.54) is 0 Å². The van der Waals surface area contributed by atoms with Crippen LogP contribution in [0, 0.1) is 0 Å². The van der Waals surface area contributed by atoms with E-state index >= 15 is 0 Å². The number of carbonyl (C=O) groups is 3. The van der Waals surface area contributed by atoms with Gasteiger partial charge < -0.3 is 23.8 Å². The molecule has 11 nitrogen and oxygen atoms in total. The fourth-order valence-electron chi connectivity index (χ4n) is 5.43. The maximum Gasteiger partial charge on any atom is 0.438 e. The summed E-state index contributed by atoms with van der Waals surface area (Å²) in [6.45, 7) is 9.03. The average Bonchev–Trinajstić information content (AvgIpc) is 3.03. The predicted molar refractivity (Wildman–Crippen MR) is 165 cm³/mol. The van der Waals surface area contributed by atoms with Crippen LogP contribution in [0.4, 0.5) is 15.3 Å². The number of fused-ring (bicyclic) bond motifs is 1. The number of morpholine rings is 1. The zero-order valence-corrected chi connectivity index (χ0v) is 25.7. The van der Waals surface area contributed by atoms with Gasteiger partial charge in [-0.05, 0) is 74.6 Å². The number of benzene rings is 2. The number of aryl methyl sites for hydroxylation is 1. The smallest absolute Gasteiger partial charge is 0.438 e. The minimum Gasteiger partial charge on any atom is -0.493 e. The Labute approximate surface area is 256 Å². The van der Waals surface area contributed by atoms with Crippen LogP contribution in [0.5, 0.6) is 11.5 Å². The van der Waals surface area contributed by atoms with E-state index in [0.29, 0.717) is 55.6 Å². The number of hydrogen-bond donors (Lipinski definition) is 0. The number of thioether (sulfide) groups is 1. The van der Waals surface area contributed by atoms with Crippen LogP contribution in [-0.2, 0) is 15.9 Å². The molecule has 0 aliphatic carbocycles. The van der Waals surface area contributed by atoms with Crippen LogP contribution in [-0.4, -0.2) is 97.8 Å². The molecule has 0 aromatic heterocycles. The SMILES string of the molecule is CCOc1ccc(C(=O)N2CCCc3cc(C4=NN(C(=O)OCCCN5CCOCC5)C(=O)SC4C)ccc32)cc1OC. The lowest BCUT2D eigenvalue weighted by Gasteiger charge is -2.31. The van der Waals surface area contributed by atoms with Crippen LogP contribution < -0.4 is 14.4 Å². The number of hydrazone groups is 1. The predicted octanol–water partition coefficient (Wildman–Crippen LogP) is 4.81. The normalized spacial score (nSPS) is 19.0. The molecule has 1 saturated heterocycles. The Bertz CT molecular complexity index is 1380. The van der Waals surface area contributed by atoms with E-state index in [9.17, 15) is 14.4 Å². The quantitative estimate of drug-likeness (QED) is 0.370. The molecule has 12 heteroatoms. The molecule has 0 bridgehead atoms. The fourth-order valence-corrected chi connectivity index (χ4v) is 6.24. The number of rotatable bonds is 9. The van der Waals surface area contributed by atoms with Crippen molar-refractivity contribution in [2.24, 2.45) is 5.10 Å². The second-order valence-electron chi connectivity index (χ2n) is 10.4. The topological polar surface area (TPSA) is 110 Å². The van der Waals surface area contributed by atoms with E-state index < -0.39 is 11.3 Å². The van der Waals surface area contributed by atoms with E-state index in [4.69, 9.17) is 18.9 Å². The molecule has 1 atom stereocenters.